The van der Waals surface area contributed by atoms with E-state index < -0.39 is 11.5 Å². The minimum atomic E-state index is -0.943. The molecule has 2 aromatic carbocycles. The van der Waals surface area contributed by atoms with Crippen LogP contribution in [-0.2, 0) is 14.3 Å². The third kappa shape index (κ3) is 3.02. The van der Waals surface area contributed by atoms with Crippen LogP contribution < -0.4 is 0 Å². The summed E-state index contributed by atoms with van der Waals surface area (Å²) in [6, 6.07) is 13.4. The van der Waals surface area contributed by atoms with Crippen molar-refractivity contribution in [2.24, 2.45) is 0 Å². The lowest BCUT2D eigenvalue weighted by Crippen LogP contribution is -2.48. The first-order valence-electron chi connectivity index (χ1n) is 7.87. The van der Waals surface area contributed by atoms with Crippen molar-refractivity contribution in [3.8, 4) is 11.1 Å². The summed E-state index contributed by atoms with van der Waals surface area (Å²) in [5.41, 5.74) is 2.69. The number of rotatable bonds is 2. The van der Waals surface area contributed by atoms with Gasteiger partial charge in [0, 0.05) is 5.02 Å². The Balaban J connectivity index is 2.07. The summed E-state index contributed by atoms with van der Waals surface area (Å²) in [7, 11) is 0. The molecule has 1 fully saturated rings. The lowest BCUT2D eigenvalue weighted by molar-refractivity contribution is -0.158. The second kappa shape index (κ2) is 6.15. The van der Waals surface area contributed by atoms with E-state index in [0.717, 1.165) is 22.3 Å². The summed E-state index contributed by atoms with van der Waals surface area (Å²) in [6.07, 6.45) is 0. The zero-order chi connectivity index (χ0) is 17.5. The normalized spacial score (nSPS) is 20.2. The van der Waals surface area contributed by atoms with Gasteiger partial charge in [0.15, 0.2) is 11.6 Å². The highest BCUT2D eigenvalue weighted by molar-refractivity contribution is 6.30. The first-order valence-corrected chi connectivity index (χ1v) is 8.25. The van der Waals surface area contributed by atoms with Gasteiger partial charge in [-0.3, -0.25) is 9.59 Å². The number of carbonyl (C=O) groups is 2. The third-order valence-electron chi connectivity index (χ3n) is 4.52. The van der Waals surface area contributed by atoms with Crippen molar-refractivity contribution in [1.29, 1.82) is 0 Å². The fourth-order valence-electron chi connectivity index (χ4n) is 2.99. The Hall–Kier alpha value is -1.97. The minimum Gasteiger partial charge on any atom is -0.360 e. The molecule has 0 amide bonds. The van der Waals surface area contributed by atoms with Gasteiger partial charge in [0.2, 0.25) is 0 Å². The van der Waals surface area contributed by atoms with Gasteiger partial charge in [-0.1, -0.05) is 35.9 Å². The molecule has 4 heteroatoms. The summed E-state index contributed by atoms with van der Waals surface area (Å²) in [5, 5.41) is 0.669. The largest absolute Gasteiger partial charge is 0.360 e. The fraction of sp³-hybridized carbons (Fsp3) is 0.300. The van der Waals surface area contributed by atoms with Crippen LogP contribution in [-0.4, -0.2) is 23.8 Å². The maximum atomic E-state index is 12.7. The highest BCUT2D eigenvalue weighted by Gasteiger charge is 2.44. The van der Waals surface area contributed by atoms with E-state index in [1.165, 1.54) is 0 Å². The molecule has 124 valence electrons. The van der Waals surface area contributed by atoms with E-state index in [9.17, 15) is 9.59 Å². The number of hydrogen-bond acceptors (Lipinski definition) is 3. The predicted octanol–water partition coefficient (Wildman–Crippen LogP) is 4.35. The van der Waals surface area contributed by atoms with Gasteiger partial charge in [0.25, 0.3) is 0 Å². The van der Waals surface area contributed by atoms with Crippen molar-refractivity contribution in [3.05, 3.63) is 58.6 Å². The standard InChI is InChI=1S/C20H19ClO3/c1-12-4-5-14(13-6-8-15(21)9-7-13)10-16(12)18-17(22)11-24-20(2,3)19(18)23/h4-10,18H,11H2,1-3H3. The van der Waals surface area contributed by atoms with Crippen molar-refractivity contribution in [1.82, 2.24) is 0 Å². The molecule has 3 nitrogen and oxygen atoms in total. The van der Waals surface area contributed by atoms with E-state index in [-0.39, 0.29) is 18.2 Å². The number of halogens is 1. The highest BCUT2D eigenvalue weighted by atomic mass is 35.5. The van der Waals surface area contributed by atoms with Crippen LogP contribution in [0.2, 0.25) is 5.02 Å². The zero-order valence-corrected chi connectivity index (χ0v) is 14.7. The van der Waals surface area contributed by atoms with Crippen LogP contribution in [0, 0.1) is 6.92 Å². The summed E-state index contributed by atoms with van der Waals surface area (Å²) in [4.78, 5) is 25.1. The molecule has 0 N–H and O–H groups in total. The number of Topliss-reactive ketones (excluding diaryl/α,β-unsaturated/α-hetero) is 2. The molecule has 0 bridgehead atoms. The zero-order valence-electron chi connectivity index (χ0n) is 13.9. The van der Waals surface area contributed by atoms with Gasteiger partial charge in [0.05, 0.1) is 0 Å². The minimum absolute atomic E-state index is 0.0337. The average molecular weight is 343 g/mol. The SMILES string of the molecule is Cc1ccc(-c2ccc(Cl)cc2)cc1C1C(=O)COC(C)(C)C1=O. The summed E-state index contributed by atoms with van der Waals surface area (Å²) >= 11 is 5.94. The van der Waals surface area contributed by atoms with Crippen LogP contribution in [0.25, 0.3) is 11.1 Å². The quantitative estimate of drug-likeness (QED) is 0.762. The summed E-state index contributed by atoms with van der Waals surface area (Å²) in [6.45, 7) is 5.32. The van der Waals surface area contributed by atoms with Gasteiger partial charge in [0.1, 0.15) is 18.1 Å². The number of ether oxygens (including phenoxy) is 1. The van der Waals surface area contributed by atoms with Gasteiger partial charge < -0.3 is 4.74 Å². The number of ketones is 2. The molecule has 0 aromatic heterocycles. The van der Waals surface area contributed by atoms with Crippen molar-refractivity contribution >= 4 is 23.2 Å². The van der Waals surface area contributed by atoms with E-state index >= 15 is 0 Å². The molecule has 2 aromatic rings. The number of carbonyl (C=O) groups excluding carboxylic acids is 2. The van der Waals surface area contributed by atoms with Crippen LogP contribution in [0.4, 0.5) is 0 Å². The van der Waals surface area contributed by atoms with Gasteiger partial charge in [-0.25, -0.2) is 0 Å². The Morgan fingerprint density at radius 3 is 2.33 bits per heavy atom. The van der Waals surface area contributed by atoms with E-state index in [2.05, 4.69) is 0 Å². The molecule has 0 saturated carbocycles. The average Bonchev–Trinajstić information content (AvgIpc) is 2.54. The Morgan fingerprint density at radius 2 is 1.67 bits per heavy atom. The number of hydrogen-bond donors (Lipinski definition) is 0. The monoisotopic (exact) mass is 342 g/mol. The van der Waals surface area contributed by atoms with Crippen LogP contribution in [0.15, 0.2) is 42.5 Å². The lowest BCUT2D eigenvalue weighted by Gasteiger charge is -2.33. The van der Waals surface area contributed by atoms with Crippen LogP contribution >= 0.6 is 11.6 Å². The molecule has 1 unspecified atom stereocenters. The van der Waals surface area contributed by atoms with Crippen molar-refractivity contribution < 1.29 is 14.3 Å². The summed E-state index contributed by atoms with van der Waals surface area (Å²) < 4.78 is 5.40. The number of aryl methyl sites for hydroxylation is 1. The highest BCUT2D eigenvalue weighted by Crippen LogP contribution is 2.34. The Labute approximate surface area is 146 Å². The Morgan fingerprint density at radius 1 is 1.04 bits per heavy atom. The van der Waals surface area contributed by atoms with E-state index in [4.69, 9.17) is 16.3 Å². The molecule has 24 heavy (non-hydrogen) atoms. The van der Waals surface area contributed by atoms with E-state index in [1.54, 1.807) is 13.8 Å². The topological polar surface area (TPSA) is 43.4 Å². The maximum Gasteiger partial charge on any atom is 0.178 e. The molecule has 0 spiro atoms. The van der Waals surface area contributed by atoms with Gasteiger partial charge in [-0.05, 0) is 61.2 Å². The smallest absolute Gasteiger partial charge is 0.178 e. The molecule has 1 saturated heterocycles. The fourth-order valence-corrected chi connectivity index (χ4v) is 3.11. The molecule has 1 aliphatic rings. The van der Waals surface area contributed by atoms with E-state index in [1.807, 2.05) is 49.4 Å². The second-order valence-corrected chi connectivity index (χ2v) is 7.08. The van der Waals surface area contributed by atoms with Crippen LogP contribution in [0.1, 0.15) is 30.9 Å². The van der Waals surface area contributed by atoms with Gasteiger partial charge in [-0.15, -0.1) is 0 Å². The van der Waals surface area contributed by atoms with Crippen molar-refractivity contribution in [3.63, 3.8) is 0 Å². The van der Waals surface area contributed by atoms with E-state index in [0.29, 0.717) is 5.02 Å². The van der Waals surface area contributed by atoms with Gasteiger partial charge in [-0.2, -0.15) is 0 Å². The maximum absolute atomic E-state index is 12.7. The second-order valence-electron chi connectivity index (χ2n) is 6.64. The lowest BCUT2D eigenvalue weighted by atomic mass is 9.79. The molecule has 1 aliphatic heterocycles. The molecular weight excluding hydrogens is 324 g/mol. The molecule has 0 radical (unpaired) electrons. The van der Waals surface area contributed by atoms with Crippen LogP contribution in [0.3, 0.4) is 0 Å². The summed E-state index contributed by atoms with van der Waals surface area (Å²) in [5.74, 6) is -1.13. The first kappa shape index (κ1) is 16.9. The molecule has 0 aliphatic carbocycles. The third-order valence-corrected chi connectivity index (χ3v) is 4.77. The molecule has 1 atom stereocenters. The molecule has 3 rings (SSSR count). The Kier molecular flexibility index (Phi) is 4.33. The Bertz CT molecular complexity index is 806. The van der Waals surface area contributed by atoms with Crippen molar-refractivity contribution in [2.75, 3.05) is 6.61 Å². The number of benzene rings is 2. The van der Waals surface area contributed by atoms with Gasteiger partial charge >= 0.3 is 0 Å². The van der Waals surface area contributed by atoms with Crippen molar-refractivity contribution in [2.45, 2.75) is 32.3 Å². The molecular formula is C20H19ClO3. The first-order chi connectivity index (χ1) is 11.3. The molecule has 1 heterocycles. The predicted molar refractivity (Wildman–Crippen MR) is 94.4 cm³/mol. The van der Waals surface area contributed by atoms with Crippen LogP contribution in [0.5, 0.6) is 0 Å².